The van der Waals surface area contributed by atoms with Crippen LogP contribution >= 0.6 is 11.6 Å². The van der Waals surface area contributed by atoms with Crippen LogP contribution in [0.4, 0.5) is 0 Å². The molecular weight excluding hydrogens is 154 g/mol. The normalized spacial score (nSPS) is 16.9. The zero-order valence-corrected chi connectivity index (χ0v) is 5.85. The highest BCUT2D eigenvalue weighted by Gasteiger charge is 2.08. The molecular formula is C6H6ClNO2. The fraction of sp³-hybridized carbons (Fsp3) is 0.167. The second-order valence-corrected chi connectivity index (χ2v) is 2.27. The van der Waals surface area contributed by atoms with E-state index in [-0.39, 0.29) is 0 Å². The van der Waals surface area contributed by atoms with Crippen LogP contribution in [0.5, 0.6) is 0 Å². The molecule has 0 aromatic carbocycles. The summed E-state index contributed by atoms with van der Waals surface area (Å²) < 4.78 is 0. The molecule has 1 heterocycles. The topological polar surface area (TPSA) is 49.3 Å². The van der Waals surface area contributed by atoms with Gasteiger partial charge in [-0.2, -0.15) is 0 Å². The molecule has 2 N–H and O–H groups in total. The fourth-order valence-electron chi connectivity index (χ4n) is 0.618. The van der Waals surface area contributed by atoms with E-state index in [0.717, 1.165) is 0 Å². The number of carboxylic acids is 1. The van der Waals surface area contributed by atoms with Crippen LogP contribution in [0.15, 0.2) is 22.9 Å². The van der Waals surface area contributed by atoms with Crippen molar-refractivity contribution >= 4 is 17.6 Å². The second kappa shape index (κ2) is 2.75. The summed E-state index contributed by atoms with van der Waals surface area (Å²) >= 11 is 5.50. The number of rotatable bonds is 1. The first-order chi connectivity index (χ1) is 4.70. The number of halogens is 1. The zero-order valence-electron chi connectivity index (χ0n) is 5.10. The largest absolute Gasteiger partial charge is 0.478 e. The van der Waals surface area contributed by atoms with Crippen molar-refractivity contribution in [3.8, 4) is 0 Å². The molecule has 0 bridgehead atoms. The van der Waals surface area contributed by atoms with Gasteiger partial charge in [0.2, 0.25) is 0 Å². The molecule has 1 aliphatic heterocycles. The number of allylic oxidation sites excluding steroid dienone is 2. The van der Waals surface area contributed by atoms with E-state index in [2.05, 4.69) is 5.32 Å². The molecule has 0 aromatic rings. The Morgan fingerprint density at radius 1 is 1.70 bits per heavy atom. The number of hydrogen-bond acceptors (Lipinski definition) is 2. The molecule has 0 saturated heterocycles. The molecule has 10 heavy (non-hydrogen) atoms. The Labute approximate surface area is 63.0 Å². The molecule has 54 valence electrons. The van der Waals surface area contributed by atoms with Gasteiger partial charge in [-0.25, -0.2) is 4.79 Å². The predicted molar refractivity (Wildman–Crippen MR) is 37.7 cm³/mol. The molecule has 0 unspecified atom stereocenters. The van der Waals surface area contributed by atoms with Crippen molar-refractivity contribution in [2.45, 2.75) is 0 Å². The molecule has 0 radical (unpaired) electrons. The van der Waals surface area contributed by atoms with Crippen molar-refractivity contribution in [1.82, 2.24) is 5.32 Å². The van der Waals surface area contributed by atoms with Crippen molar-refractivity contribution < 1.29 is 9.90 Å². The minimum atomic E-state index is -0.909. The van der Waals surface area contributed by atoms with Gasteiger partial charge in [0.05, 0.1) is 5.57 Å². The molecule has 0 aliphatic carbocycles. The van der Waals surface area contributed by atoms with E-state index in [1.54, 1.807) is 0 Å². The van der Waals surface area contributed by atoms with Gasteiger partial charge in [0, 0.05) is 6.54 Å². The third-order valence-electron chi connectivity index (χ3n) is 1.15. The number of carboxylic acid groups (broad SMARTS) is 1. The second-order valence-electron chi connectivity index (χ2n) is 1.87. The summed E-state index contributed by atoms with van der Waals surface area (Å²) in [6.45, 7) is 0.296. The number of dihydropyridines is 1. The maximum Gasteiger partial charge on any atom is 0.333 e. The van der Waals surface area contributed by atoms with Gasteiger partial charge in [-0.1, -0.05) is 11.6 Å². The molecule has 0 atom stereocenters. The summed E-state index contributed by atoms with van der Waals surface area (Å²) in [7, 11) is 0. The lowest BCUT2D eigenvalue weighted by atomic mass is 10.2. The van der Waals surface area contributed by atoms with Crippen molar-refractivity contribution in [1.29, 1.82) is 0 Å². The van der Waals surface area contributed by atoms with Crippen molar-refractivity contribution in [3.63, 3.8) is 0 Å². The van der Waals surface area contributed by atoms with Gasteiger partial charge in [0.1, 0.15) is 5.16 Å². The monoisotopic (exact) mass is 159 g/mol. The van der Waals surface area contributed by atoms with Gasteiger partial charge in [-0.15, -0.1) is 0 Å². The summed E-state index contributed by atoms with van der Waals surface area (Å²) in [5.41, 5.74) is 0.324. The lowest BCUT2D eigenvalue weighted by Gasteiger charge is -2.08. The van der Waals surface area contributed by atoms with Gasteiger partial charge >= 0.3 is 5.97 Å². The Balaban J connectivity index is 2.74. The van der Waals surface area contributed by atoms with E-state index in [1.165, 1.54) is 12.2 Å². The Hall–Kier alpha value is -0.960. The van der Waals surface area contributed by atoms with E-state index < -0.39 is 5.97 Å². The number of carbonyl (C=O) groups is 1. The summed E-state index contributed by atoms with van der Waals surface area (Å²) in [6, 6.07) is 0. The van der Waals surface area contributed by atoms with Crippen molar-refractivity contribution in [3.05, 3.63) is 22.9 Å². The number of aliphatic carboxylic acids is 1. The molecule has 0 aromatic heterocycles. The van der Waals surface area contributed by atoms with Gasteiger partial charge in [-0.05, 0) is 12.2 Å². The summed E-state index contributed by atoms with van der Waals surface area (Å²) in [5, 5.41) is 11.6. The van der Waals surface area contributed by atoms with Crippen LogP contribution in [0.2, 0.25) is 0 Å². The standard InChI is InChI=1S/C6H6ClNO2/c7-5-2-1-4(3-8-5)6(9)10/h1-2,8H,3H2,(H,9,10). The summed E-state index contributed by atoms with van der Waals surface area (Å²) in [6.07, 6.45) is 3.01. The Kier molecular flexibility index (Phi) is 1.97. The third kappa shape index (κ3) is 1.51. The molecule has 1 aliphatic rings. The van der Waals surface area contributed by atoms with Crippen LogP contribution in [0.25, 0.3) is 0 Å². The highest BCUT2D eigenvalue weighted by molar-refractivity contribution is 6.29. The minimum Gasteiger partial charge on any atom is -0.478 e. The Morgan fingerprint density at radius 2 is 2.40 bits per heavy atom. The van der Waals surface area contributed by atoms with Crippen LogP contribution in [0.1, 0.15) is 0 Å². The first-order valence-electron chi connectivity index (χ1n) is 2.73. The first kappa shape index (κ1) is 7.15. The number of hydrogen-bond donors (Lipinski definition) is 2. The maximum atomic E-state index is 10.3. The van der Waals surface area contributed by atoms with E-state index in [4.69, 9.17) is 16.7 Å². The lowest BCUT2D eigenvalue weighted by molar-refractivity contribution is -0.132. The summed E-state index contributed by atoms with van der Waals surface area (Å²) in [4.78, 5) is 10.3. The first-order valence-corrected chi connectivity index (χ1v) is 3.11. The average molecular weight is 160 g/mol. The Morgan fingerprint density at radius 3 is 2.80 bits per heavy atom. The highest BCUT2D eigenvalue weighted by atomic mass is 35.5. The van der Waals surface area contributed by atoms with Gasteiger partial charge in [0.15, 0.2) is 0 Å². The quantitative estimate of drug-likeness (QED) is 0.554. The molecule has 3 nitrogen and oxygen atoms in total. The summed E-state index contributed by atoms with van der Waals surface area (Å²) in [5.74, 6) is -0.909. The zero-order chi connectivity index (χ0) is 7.56. The molecule has 0 spiro atoms. The molecule has 0 saturated carbocycles. The predicted octanol–water partition coefficient (Wildman–Crippen LogP) is 0.681. The fourth-order valence-corrected chi connectivity index (χ4v) is 0.748. The van der Waals surface area contributed by atoms with E-state index in [9.17, 15) is 4.79 Å². The molecule has 0 amide bonds. The van der Waals surface area contributed by atoms with Gasteiger partial charge in [0.25, 0.3) is 0 Å². The van der Waals surface area contributed by atoms with Crippen molar-refractivity contribution in [2.75, 3.05) is 6.54 Å². The van der Waals surface area contributed by atoms with Gasteiger partial charge < -0.3 is 10.4 Å². The molecule has 4 heteroatoms. The third-order valence-corrected chi connectivity index (χ3v) is 1.41. The van der Waals surface area contributed by atoms with Crippen LogP contribution in [0.3, 0.4) is 0 Å². The van der Waals surface area contributed by atoms with E-state index in [0.29, 0.717) is 17.3 Å². The molecule has 1 rings (SSSR count). The molecule has 0 fully saturated rings. The smallest absolute Gasteiger partial charge is 0.333 e. The van der Waals surface area contributed by atoms with Gasteiger partial charge in [-0.3, -0.25) is 0 Å². The maximum absolute atomic E-state index is 10.3. The van der Waals surface area contributed by atoms with Crippen LogP contribution in [-0.4, -0.2) is 17.6 Å². The number of nitrogens with one attached hydrogen (secondary N) is 1. The highest BCUT2D eigenvalue weighted by Crippen LogP contribution is 2.06. The van der Waals surface area contributed by atoms with E-state index >= 15 is 0 Å². The minimum absolute atomic E-state index is 0.296. The van der Waals surface area contributed by atoms with Crippen LogP contribution in [-0.2, 0) is 4.79 Å². The van der Waals surface area contributed by atoms with Crippen LogP contribution < -0.4 is 5.32 Å². The van der Waals surface area contributed by atoms with Crippen molar-refractivity contribution in [2.24, 2.45) is 0 Å². The average Bonchev–Trinajstić information content (AvgIpc) is 1.88. The Bertz CT molecular complexity index is 220. The van der Waals surface area contributed by atoms with E-state index in [1.807, 2.05) is 0 Å². The lowest BCUT2D eigenvalue weighted by Crippen LogP contribution is -2.20. The SMILES string of the molecule is O=C(O)C1=CC=C(Cl)NC1. The van der Waals surface area contributed by atoms with Crippen LogP contribution in [0, 0.1) is 0 Å².